The number of aromatic nitrogens is 2. The molecule has 1 saturated carbocycles. The van der Waals surface area contributed by atoms with Crippen molar-refractivity contribution in [1.29, 1.82) is 5.41 Å². The molecule has 2 heterocycles. The first-order valence-electron chi connectivity index (χ1n) is 13.8. The lowest BCUT2D eigenvalue weighted by Crippen LogP contribution is -2.32. The summed E-state index contributed by atoms with van der Waals surface area (Å²) in [6.07, 6.45) is 15.2. The van der Waals surface area contributed by atoms with E-state index in [-0.39, 0.29) is 29.3 Å². The highest BCUT2D eigenvalue weighted by Crippen LogP contribution is 2.26. The van der Waals surface area contributed by atoms with Crippen molar-refractivity contribution in [2.45, 2.75) is 51.4 Å². The summed E-state index contributed by atoms with van der Waals surface area (Å²) >= 11 is 0. The molecule has 0 bridgehead atoms. The molecule has 0 radical (unpaired) electrons. The topological polar surface area (TPSA) is 160 Å². The molecule has 9 heteroatoms. The van der Waals surface area contributed by atoms with Crippen LogP contribution in [-0.4, -0.2) is 34.0 Å². The van der Waals surface area contributed by atoms with Crippen LogP contribution in [0.2, 0.25) is 0 Å². The van der Waals surface area contributed by atoms with Gasteiger partial charge in [-0.05, 0) is 61.9 Å². The Morgan fingerprint density at radius 3 is 2.45 bits per heavy atom. The second-order valence-electron chi connectivity index (χ2n) is 10.0. The van der Waals surface area contributed by atoms with Crippen LogP contribution in [0.25, 0.3) is 0 Å². The molecule has 0 saturated heterocycles. The molecular weight excluding hydrogens is 502 g/mol. The molecule has 0 unspecified atom stereocenters. The van der Waals surface area contributed by atoms with E-state index in [0.29, 0.717) is 41.2 Å². The minimum atomic E-state index is -0.294. The Morgan fingerprint density at radius 2 is 1.73 bits per heavy atom. The summed E-state index contributed by atoms with van der Waals surface area (Å²) in [5.41, 5.74) is 15.3. The largest absolute Gasteiger partial charge is 0.398 e. The molecule has 2 amide bonds. The minimum absolute atomic E-state index is 0.138. The molecular formula is C31H37N7O2. The van der Waals surface area contributed by atoms with E-state index in [1.807, 2.05) is 6.08 Å². The number of hydrogen-bond donors (Lipinski definition) is 5. The number of amides is 2. The molecule has 1 aromatic carbocycles. The Hall–Kier alpha value is -4.53. The van der Waals surface area contributed by atoms with Gasteiger partial charge in [0, 0.05) is 41.7 Å². The van der Waals surface area contributed by atoms with Gasteiger partial charge < -0.3 is 22.1 Å². The normalized spacial score (nSPS) is 13.7. The molecule has 208 valence electrons. The van der Waals surface area contributed by atoms with Gasteiger partial charge in [0.25, 0.3) is 5.91 Å². The van der Waals surface area contributed by atoms with Crippen molar-refractivity contribution in [3.8, 4) is 0 Å². The Bertz CT molecular complexity index is 1350. The second kappa shape index (κ2) is 14.0. The fraction of sp³-hybridized carbons (Fsp3) is 0.323. The molecule has 2 aromatic heterocycles. The van der Waals surface area contributed by atoms with Gasteiger partial charge in [0.15, 0.2) is 0 Å². The first kappa shape index (κ1) is 28.5. The van der Waals surface area contributed by atoms with Crippen LogP contribution in [0.15, 0.2) is 67.0 Å². The van der Waals surface area contributed by atoms with Crippen molar-refractivity contribution in [3.05, 3.63) is 89.3 Å². The average Bonchev–Trinajstić information content (AvgIpc) is 2.98. The predicted octanol–water partition coefficient (Wildman–Crippen LogP) is 4.88. The van der Waals surface area contributed by atoms with E-state index < -0.39 is 0 Å². The van der Waals surface area contributed by atoms with Gasteiger partial charge in [0.2, 0.25) is 5.91 Å². The lowest BCUT2D eigenvalue weighted by Gasteiger charge is -2.20. The number of carbonyl (C=O) groups is 2. The third kappa shape index (κ3) is 7.53. The minimum Gasteiger partial charge on any atom is -0.398 e. The highest BCUT2D eigenvalue weighted by Gasteiger charge is 2.20. The fourth-order valence-corrected chi connectivity index (χ4v) is 4.83. The van der Waals surface area contributed by atoms with Crippen LogP contribution in [0.3, 0.4) is 0 Å². The van der Waals surface area contributed by atoms with Crippen molar-refractivity contribution in [1.82, 2.24) is 15.3 Å². The van der Waals surface area contributed by atoms with E-state index in [4.69, 9.17) is 16.9 Å². The Kier molecular flexibility index (Phi) is 9.99. The first-order valence-corrected chi connectivity index (χ1v) is 13.8. The number of allylic oxidation sites excluding steroid dienone is 2. The van der Waals surface area contributed by atoms with Crippen LogP contribution in [0, 0.1) is 11.3 Å². The molecule has 7 N–H and O–H groups in total. The molecule has 0 spiro atoms. The van der Waals surface area contributed by atoms with Crippen LogP contribution in [0.1, 0.15) is 72.0 Å². The summed E-state index contributed by atoms with van der Waals surface area (Å²) < 4.78 is 0. The summed E-state index contributed by atoms with van der Waals surface area (Å²) in [5, 5.41) is 14.5. The zero-order valence-corrected chi connectivity index (χ0v) is 22.7. The Morgan fingerprint density at radius 1 is 0.975 bits per heavy atom. The third-order valence-electron chi connectivity index (χ3n) is 7.15. The third-order valence-corrected chi connectivity index (χ3v) is 7.15. The van der Waals surface area contributed by atoms with E-state index in [9.17, 15) is 9.59 Å². The van der Waals surface area contributed by atoms with E-state index in [0.717, 1.165) is 44.1 Å². The van der Waals surface area contributed by atoms with Crippen LogP contribution in [-0.2, 0) is 11.2 Å². The highest BCUT2D eigenvalue weighted by atomic mass is 16.2. The number of benzene rings is 1. The maximum absolute atomic E-state index is 12.5. The summed E-state index contributed by atoms with van der Waals surface area (Å²) in [7, 11) is 0. The Balaban J connectivity index is 1.30. The van der Waals surface area contributed by atoms with Gasteiger partial charge in [-0.25, -0.2) is 9.97 Å². The van der Waals surface area contributed by atoms with Gasteiger partial charge in [0.05, 0.1) is 11.3 Å². The molecule has 0 atom stereocenters. The number of hydrogen-bond acceptors (Lipinski definition) is 7. The van der Waals surface area contributed by atoms with E-state index in [1.54, 1.807) is 54.9 Å². The van der Waals surface area contributed by atoms with E-state index in [2.05, 4.69) is 26.7 Å². The summed E-state index contributed by atoms with van der Waals surface area (Å²) in [6, 6.07) is 11.9. The Labute approximate surface area is 235 Å². The van der Waals surface area contributed by atoms with Crippen molar-refractivity contribution in [3.63, 3.8) is 0 Å². The molecule has 1 fully saturated rings. The van der Waals surface area contributed by atoms with Crippen LogP contribution in [0.5, 0.6) is 0 Å². The van der Waals surface area contributed by atoms with Crippen molar-refractivity contribution >= 4 is 34.8 Å². The lowest BCUT2D eigenvalue weighted by atomic mass is 9.89. The van der Waals surface area contributed by atoms with Gasteiger partial charge in [-0.15, -0.1) is 0 Å². The monoisotopic (exact) mass is 539 g/mol. The average molecular weight is 540 g/mol. The molecule has 3 aromatic rings. The van der Waals surface area contributed by atoms with Crippen LogP contribution < -0.4 is 22.1 Å². The number of nitrogens with zero attached hydrogens (tertiary/aromatic N) is 2. The number of rotatable bonds is 11. The van der Waals surface area contributed by atoms with Crippen molar-refractivity contribution in [2.75, 3.05) is 23.3 Å². The molecule has 1 aliphatic carbocycles. The second-order valence-corrected chi connectivity index (χ2v) is 10.0. The summed E-state index contributed by atoms with van der Waals surface area (Å²) in [6.45, 7) is 0.677. The molecule has 4 rings (SSSR count). The van der Waals surface area contributed by atoms with Crippen LogP contribution >= 0.6 is 0 Å². The number of nitrogens with two attached hydrogens (primary N) is 2. The smallest absolute Gasteiger partial charge is 0.256 e. The molecule has 1 aliphatic rings. The summed E-state index contributed by atoms with van der Waals surface area (Å²) in [4.78, 5) is 33.1. The van der Waals surface area contributed by atoms with Gasteiger partial charge in [-0.1, -0.05) is 49.6 Å². The van der Waals surface area contributed by atoms with Gasteiger partial charge in [-0.2, -0.15) is 0 Å². The number of unbranched alkanes of at least 4 members (excludes halogenated alkanes) is 1. The molecule has 9 nitrogen and oxygen atoms in total. The van der Waals surface area contributed by atoms with E-state index in [1.165, 1.54) is 6.42 Å². The van der Waals surface area contributed by atoms with Crippen LogP contribution in [0.4, 0.5) is 17.3 Å². The maximum Gasteiger partial charge on any atom is 0.256 e. The number of carbonyl (C=O) groups excluding carboxylic acids is 2. The van der Waals surface area contributed by atoms with Gasteiger partial charge in [-0.3, -0.25) is 15.0 Å². The fourth-order valence-electron chi connectivity index (χ4n) is 4.83. The maximum atomic E-state index is 12.5. The van der Waals surface area contributed by atoms with Crippen molar-refractivity contribution in [2.24, 2.45) is 5.92 Å². The van der Waals surface area contributed by atoms with E-state index >= 15 is 0 Å². The first-order chi connectivity index (χ1) is 19.4. The quantitative estimate of drug-likeness (QED) is 0.133. The zero-order chi connectivity index (χ0) is 28.3. The zero-order valence-electron chi connectivity index (χ0n) is 22.7. The highest BCUT2D eigenvalue weighted by molar-refractivity contribution is 6.17. The SMILES string of the molecule is N=C(c1ccc(C(=O)Nc2ccccn2)cc1)c1c(N)ncc(C/C=C\CCCNC(=O)C2CCCCC2)c1N. The number of nitrogens with one attached hydrogen (secondary N) is 3. The standard InChI is InChI=1S/C31H37N7O2/c32-27(21-14-16-23(17-15-21)31(40)38-25-13-7-9-18-35-25)26-28(33)24(20-37-29(26)34)12-4-1-2-8-19-36-30(39)22-10-5-3-6-11-22/h1,4,7,9,13-18,20,22,32H,2-3,5-6,8,10-12,19H2,(H,36,39)(H4,33,34,37)(H,35,38,40)/b4-1-,32-27?. The summed E-state index contributed by atoms with van der Waals surface area (Å²) in [5.74, 6) is 0.733. The number of pyridine rings is 2. The number of anilines is 3. The van der Waals surface area contributed by atoms with Gasteiger partial charge >= 0.3 is 0 Å². The number of nitrogen functional groups attached to an aromatic ring is 2. The molecule has 0 aliphatic heterocycles. The predicted molar refractivity (Wildman–Crippen MR) is 159 cm³/mol. The van der Waals surface area contributed by atoms with Gasteiger partial charge in [0.1, 0.15) is 11.6 Å². The lowest BCUT2D eigenvalue weighted by molar-refractivity contribution is -0.125. The molecule has 40 heavy (non-hydrogen) atoms. The van der Waals surface area contributed by atoms with Crippen molar-refractivity contribution < 1.29 is 9.59 Å².